The molecule has 18 heavy (non-hydrogen) atoms. The number of carbonyl (C=O) groups excluding carboxylic acids is 1. The van der Waals surface area contributed by atoms with Gasteiger partial charge in [-0.3, -0.25) is 9.78 Å². The molecule has 0 radical (unpaired) electrons. The predicted octanol–water partition coefficient (Wildman–Crippen LogP) is 3.43. The summed E-state index contributed by atoms with van der Waals surface area (Å²) in [6, 6.07) is 3.54. The van der Waals surface area contributed by atoms with E-state index >= 15 is 0 Å². The summed E-state index contributed by atoms with van der Waals surface area (Å²) >= 11 is 5.85. The molecule has 1 aromatic heterocycles. The summed E-state index contributed by atoms with van der Waals surface area (Å²) in [6.07, 6.45) is 5.95. The molecule has 0 aromatic carbocycles. The van der Waals surface area contributed by atoms with E-state index in [1.807, 2.05) is 0 Å². The van der Waals surface area contributed by atoms with Gasteiger partial charge in [-0.2, -0.15) is 0 Å². The van der Waals surface area contributed by atoms with Gasteiger partial charge < -0.3 is 5.32 Å². The predicted molar refractivity (Wildman–Crippen MR) is 72.8 cm³/mol. The standard InChI is InChI=1S/C14H19ClN2O/c1-14(2)6-3-11(4-7-14)17-13(18)12-9-10(15)5-8-16-12/h5,8-9,11H,3-4,6-7H2,1-2H3,(H,17,18). The molecular formula is C14H19ClN2O. The van der Waals surface area contributed by atoms with Gasteiger partial charge in [0, 0.05) is 17.3 Å². The molecule has 0 aliphatic heterocycles. The van der Waals surface area contributed by atoms with Crippen LogP contribution >= 0.6 is 11.6 Å². The SMILES string of the molecule is CC1(C)CCC(NC(=O)c2cc(Cl)ccn2)CC1. The van der Waals surface area contributed by atoms with Gasteiger partial charge in [0.25, 0.3) is 5.91 Å². The number of hydrogen-bond donors (Lipinski definition) is 1. The van der Waals surface area contributed by atoms with Gasteiger partial charge in [0.1, 0.15) is 5.69 Å². The normalized spacial score (nSPS) is 19.5. The van der Waals surface area contributed by atoms with Crippen LogP contribution in [0.3, 0.4) is 0 Å². The summed E-state index contributed by atoms with van der Waals surface area (Å²) < 4.78 is 0. The maximum atomic E-state index is 12.0. The van der Waals surface area contributed by atoms with Gasteiger partial charge in [-0.05, 0) is 43.2 Å². The van der Waals surface area contributed by atoms with Gasteiger partial charge in [-0.25, -0.2) is 0 Å². The summed E-state index contributed by atoms with van der Waals surface area (Å²) in [4.78, 5) is 16.0. The zero-order valence-corrected chi connectivity index (χ0v) is 11.6. The van der Waals surface area contributed by atoms with E-state index < -0.39 is 0 Å². The molecule has 0 spiro atoms. The quantitative estimate of drug-likeness (QED) is 0.891. The van der Waals surface area contributed by atoms with Gasteiger partial charge in [0.05, 0.1) is 0 Å². The number of nitrogens with zero attached hydrogens (tertiary/aromatic N) is 1. The number of amides is 1. The molecule has 98 valence electrons. The van der Waals surface area contributed by atoms with Crippen molar-refractivity contribution in [2.45, 2.75) is 45.6 Å². The molecule has 1 aliphatic rings. The Morgan fingerprint density at radius 2 is 2.11 bits per heavy atom. The number of aromatic nitrogens is 1. The lowest BCUT2D eigenvalue weighted by atomic mass is 9.75. The first kappa shape index (κ1) is 13.3. The second-order valence-electron chi connectivity index (χ2n) is 5.77. The van der Waals surface area contributed by atoms with Crippen LogP contribution < -0.4 is 5.32 Å². The van der Waals surface area contributed by atoms with Crippen molar-refractivity contribution < 1.29 is 4.79 Å². The Kier molecular flexibility index (Phi) is 3.91. The highest BCUT2D eigenvalue weighted by Gasteiger charge is 2.27. The minimum Gasteiger partial charge on any atom is -0.348 e. The molecule has 0 atom stereocenters. The number of rotatable bonds is 2. The van der Waals surface area contributed by atoms with E-state index in [0.29, 0.717) is 16.1 Å². The highest BCUT2D eigenvalue weighted by atomic mass is 35.5. The summed E-state index contributed by atoms with van der Waals surface area (Å²) in [6.45, 7) is 4.56. The molecule has 1 aromatic rings. The Labute approximate surface area is 113 Å². The first-order valence-electron chi connectivity index (χ1n) is 6.39. The smallest absolute Gasteiger partial charge is 0.270 e. The maximum Gasteiger partial charge on any atom is 0.270 e. The summed E-state index contributed by atoms with van der Waals surface area (Å²) in [7, 11) is 0. The summed E-state index contributed by atoms with van der Waals surface area (Å²) in [5.74, 6) is -0.123. The Morgan fingerprint density at radius 3 is 2.72 bits per heavy atom. The van der Waals surface area contributed by atoms with Crippen LogP contribution in [0.2, 0.25) is 5.02 Å². The van der Waals surface area contributed by atoms with Crippen LogP contribution in [-0.2, 0) is 0 Å². The Morgan fingerprint density at radius 1 is 1.44 bits per heavy atom. The van der Waals surface area contributed by atoms with E-state index in [1.165, 1.54) is 0 Å². The van der Waals surface area contributed by atoms with Gasteiger partial charge >= 0.3 is 0 Å². The Hall–Kier alpha value is -1.09. The van der Waals surface area contributed by atoms with Gasteiger partial charge in [0.15, 0.2) is 0 Å². The fraction of sp³-hybridized carbons (Fsp3) is 0.571. The van der Waals surface area contributed by atoms with Crippen molar-refractivity contribution in [2.24, 2.45) is 5.41 Å². The van der Waals surface area contributed by atoms with E-state index in [2.05, 4.69) is 24.1 Å². The number of hydrogen-bond acceptors (Lipinski definition) is 2. The largest absolute Gasteiger partial charge is 0.348 e. The number of pyridine rings is 1. The van der Waals surface area contributed by atoms with Crippen LogP contribution in [0.1, 0.15) is 50.0 Å². The molecule has 2 rings (SSSR count). The van der Waals surface area contributed by atoms with Crippen molar-refractivity contribution >= 4 is 17.5 Å². The molecule has 1 saturated carbocycles. The van der Waals surface area contributed by atoms with E-state index in [-0.39, 0.29) is 11.9 Å². The van der Waals surface area contributed by atoms with Crippen LogP contribution in [0.25, 0.3) is 0 Å². The lowest BCUT2D eigenvalue weighted by Gasteiger charge is -2.34. The van der Waals surface area contributed by atoms with Crippen LogP contribution in [0.5, 0.6) is 0 Å². The van der Waals surface area contributed by atoms with E-state index in [1.54, 1.807) is 18.3 Å². The van der Waals surface area contributed by atoms with Crippen LogP contribution in [0.4, 0.5) is 0 Å². The second kappa shape index (κ2) is 5.27. The van der Waals surface area contributed by atoms with Crippen LogP contribution in [-0.4, -0.2) is 16.9 Å². The van der Waals surface area contributed by atoms with Gasteiger partial charge in [-0.15, -0.1) is 0 Å². The van der Waals surface area contributed by atoms with E-state index in [9.17, 15) is 4.79 Å². The minimum absolute atomic E-state index is 0.123. The molecule has 3 nitrogen and oxygen atoms in total. The fourth-order valence-electron chi connectivity index (χ4n) is 2.33. The number of halogens is 1. The third-order valence-electron chi connectivity index (χ3n) is 3.63. The highest BCUT2D eigenvalue weighted by Crippen LogP contribution is 2.35. The molecule has 1 fully saturated rings. The number of carbonyl (C=O) groups is 1. The third kappa shape index (κ3) is 3.45. The van der Waals surface area contributed by atoms with Crippen LogP contribution in [0, 0.1) is 5.41 Å². The Bertz CT molecular complexity index is 435. The molecule has 4 heteroatoms. The zero-order chi connectivity index (χ0) is 13.2. The zero-order valence-electron chi connectivity index (χ0n) is 10.9. The minimum atomic E-state index is -0.123. The third-order valence-corrected chi connectivity index (χ3v) is 3.86. The van der Waals surface area contributed by atoms with Crippen molar-refractivity contribution in [3.8, 4) is 0 Å². The van der Waals surface area contributed by atoms with Crippen molar-refractivity contribution in [1.82, 2.24) is 10.3 Å². The maximum absolute atomic E-state index is 12.0. The van der Waals surface area contributed by atoms with Gasteiger partial charge in [-0.1, -0.05) is 25.4 Å². The van der Waals surface area contributed by atoms with Crippen molar-refractivity contribution in [3.63, 3.8) is 0 Å². The molecule has 0 unspecified atom stereocenters. The monoisotopic (exact) mass is 266 g/mol. The lowest BCUT2D eigenvalue weighted by molar-refractivity contribution is 0.0904. The van der Waals surface area contributed by atoms with E-state index in [4.69, 9.17) is 11.6 Å². The van der Waals surface area contributed by atoms with Crippen molar-refractivity contribution in [1.29, 1.82) is 0 Å². The molecule has 1 aliphatic carbocycles. The molecular weight excluding hydrogens is 248 g/mol. The summed E-state index contributed by atoms with van der Waals surface area (Å²) in [5, 5.41) is 3.58. The van der Waals surface area contributed by atoms with Crippen molar-refractivity contribution in [3.05, 3.63) is 29.0 Å². The van der Waals surface area contributed by atoms with Crippen molar-refractivity contribution in [2.75, 3.05) is 0 Å². The second-order valence-corrected chi connectivity index (χ2v) is 6.21. The lowest BCUT2D eigenvalue weighted by Crippen LogP contribution is -2.39. The number of nitrogens with one attached hydrogen (secondary N) is 1. The first-order valence-corrected chi connectivity index (χ1v) is 6.76. The summed E-state index contributed by atoms with van der Waals surface area (Å²) in [5.41, 5.74) is 0.808. The molecule has 1 N–H and O–H groups in total. The Balaban J connectivity index is 1.93. The molecule has 1 heterocycles. The molecule has 1 amide bonds. The van der Waals surface area contributed by atoms with Gasteiger partial charge in [0.2, 0.25) is 0 Å². The topological polar surface area (TPSA) is 42.0 Å². The fourth-order valence-corrected chi connectivity index (χ4v) is 2.49. The molecule has 0 saturated heterocycles. The first-order chi connectivity index (χ1) is 8.46. The highest BCUT2D eigenvalue weighted by molar-refractivity contribution is 6.30. The average molecular weight is 267 g/mol. The average Bonchev–Trinajstić information content (AvgIpc) is 2.32. The van der Waals surface area contributed by atoms with Crippen LogP contribution in [0.15, 0.2) is 18.3 Å². The molecule has 0 bridgehead atoms. The van der Waals surface area contributed by atoms with E-state index in [0.717, 1.165) is 25.7 Å².